The second-order valence-electron chi connectivity index (χ2n) is 10.9. The Kier molecular flexibility index (Phi) is 8.70. The molecule has 5 rings (SSSR count). The van der Waals surface area contributed by atoms with Crippen LogP contribution in [0.5, 0.6) is 11.5 Å². The largest absolute Gasteiger partial charge is 0.454 e. The molecule has 1 amide bonds. The van der Waals surface area contributed by atoms with Crippen molar-refractivity contribution in [1.29, 1.82) is 0 Å². The number of amides is 1. The lowest BCUT2D eigenvalue weighted by molar-refractivity contribution is -0.143. The Labute approximate surface area is 234 Å². The maximum absolute atomic E-state index is 13.3. The SMILES string of the molecule is O=C(Cc1cc(C(F)(F)F)cc(C(F)(F)F)c1)NCC(c1cccc2c1OCO2)N1CCC(N2CCCCC2)CC1. The molecular weight excluding hydrogens is 552 g/mol. The van der Waals surface area contributed by atoms with Crippen molar-refractivity contribution in [3.8, 4) is 11.5 Å². The number of nitrogens with one attached hydrogen (secondary N) is 1. The van der Waals surface area contributed by atoms with Gasteiger partial charge in [-0.1, -0.05) is 18.6 Å². The Morgan fingerprint density at radius 3 is 2.20 bits per heavy atom. The number of carbonyl (C=O) groups excluding carboxylic acids is 1. The van der Waals surface area contributed by atoms with E-state index in [0.717, 1.165) is 44.6 Å². The Morgan fingerprint density at radius 2 is 1.56 bits per heavy atom. The van der Waals surface area contributed by atoms with Crippen molar-refractivity contribution < 1.29 is 40.6 Å². The second kappa shape index (κ2) is 12.1. The van der Waals surface area contributed by atoms with E-state index in [4.69, 9.17) is 9.47 Å². The normalized spacial score (nSPS) is 19.8. The molecule has 0 saturated carbocycles. The highest BCUT2D eigenvalue weighted by atomic mass is 19.4. The summed E-state index contributed by atoms with van der Waals surface area (Å²) >= 11 is 0. The number of rotatable bonds is 7. The van der Waals surface area contributed by atoms with Crippen LogP contribution in [0.1, 0.15) is 60.4 Å². The minimum absolute atomic E-state index is 0.0585. The number of fused-ring (bicyclic) bond motifs is 1. The fraction of sp³-hybridized carbons (Fsp3) is 0.552. The predicted molar refractivity (Wildman–Crippen MR) is 138 cm³/mol. The van der Waals surface area contributed by atoms with E-state index >= 15 is 0 Å². The van der Waals surface area contributed by atoms with Gasteiger partial charge in [0.15, 0.2) is 11.5 Å². The van der Waals surface area contributed by atoms with Crippen LogP contribution in [0.3, 0.4) is 0 Å². The number of benzene rings is 2. The molecule has 3 aliphatic rings. The van der Waals surface area contributed by atoms with Crippen molar-refractivity contribution in [3.05, 3.63) is 58.7 Å². The molecule has 0 radical (unpaired) electrons. The van der Waals surface area contributed by atoms with Crippen LogP contribution < -0.4 is 14.8 Å². The zero-order valence-corrected chi connectivity index (χ0v) is 22.5. The topological polar surface area (TPSA) is 54.0 Å². The monoisotopic (exact) mass is 585 g/mol. The molecule has 224 valence electrons. The van der Waals surface area contributed by atoms with Crippen LogP contribution in [0, 0.1) is 0 Å². The third-order valence-electron chi connectivity index (χ3n) is 8.14. The number of alkyl halides is 6. The van der Waals surface area contributed by atoms with Crippen LogP contribution in [-0.4, -0.2) is 61.3 Å². The van der Waals surface area contributed by atoms with E-state index in [1.54, 1.807) is 6.07 Å². The molecule has 2 aromatic rings. The van der Waals surface area contributed by atoms with E-state index in [1.165, 1.54) is 19.3 Å². The standard InChI is InChI=1S/C29H33F6N3O3/c30-28(31,32)20-13-19(14-21(16-20)29(33,34)35)15-26(39)36-17-24(23-5-4-6-25-27(23)41-18-40-25)38-11-7-22(8-12-38)37-9-2-1-3-10-37/h4-6,13-14,16,22,24H,1-3,7-12,15,17-18H2,(H,36,39). The Hall–Kier alpha value is -2.99. The Balaban J connectivity index is 1.31. The number of hydrogen-bond donors (Lipinski definition) is 1. The fourth-order valence-corrected chi connectivity index (χ4v) is 6.08. The maximum atomic E-state index is 13.3. The van der Waals surface area contributed by atoms with Crippen molar-refractivity contribution in [2.75, 3.05) is 39.5 Å². The van der Waals surface area contributed by atoms with Gasteiger partial charge in [-0.05, 0) is 68.6 Å². The quantitative estimate of drug-likeness (QED) is 0.417. The number of halogens is 6. The average Bonchev–Trinajstić information content (AvgIpc) is 3.43. The first kappa shape index (κ1) is 29.5. The second-order valence-corrected chi connectivity index (χ2v) is 10.9. The summed E-state index contributed by atoms with van der Waals surface area (Å²) in [6, 6.07) is 6.93. The number of para-hydroxylation sites is 1. The third-order valence-corrected chi connectivity index (χ3v) is 8.14. The number of carbonyl (C=O) groups is 1. The van der Waals surface area contributed by atoms with Gasteiger partial charge < -0.3 is 19.7 Å². The first-order valence-corrected chi connectivity index (χ1v) is 13.9. The summed E-state index contributed by atoms with van der Waals surface area (Å²) in [5.41, 5.74) is -2.43. The summed E-state index contributed by atoms with van der Waals surface area (Å²) in [7, 11) is 0. The van der Waals surface area contributed by atoms with E-state index in [0.29, 0.717) is 29.7 Å². The summed E-state index contributed by atoms with van der Waals surface area (Å²) in [6.07, 6.45) is -4.99. The summed E-state index contributed by atoms with van der Waals surface area (Å²) in [4.78, 5) is 17.7. The van der Waals surface area contributed by atoms with Crippen LogP contribution in [0.25, 0.3) is 0 Å². The fourth-order valence-electron chi connectivity index (χ4n) is 6.08. The van der Waals surface area contributed by atoms with Crippen molar-refractivity contribution in [2.45, 2.75) is 63.0 Å². The van der Waals surface area contributed by atoms with E-state index < -0.39 is 35.8 Å². The van der Waals surface area contributed by atoms with Crippen LogP contribution in [0.15, 0.2) is 36.4 Å². The third kappa shape index (κ3) is 7.09. The summed E-state index contributed by atoms with van der Waals surface area (Å²) in [6.45, 7) is 3.93. The maximum Gasteiger partial charge on any atom is 0.416 e. The first-order valence-electron chi connectivity index (χ1n) is 13.9. The number of hydrogen-bond acceptors (Lipinski definition) is 5. The highest BCUT2D eigenvalue weighted by molar-refractivity contribution is 5.78. The van der Waals surface area contributed by atoms with Crippen molar-refractivity contribution in [1.82, 2.24) is 15.1 Å². The van der Waals surface area contributed by atoms with Gasteiger partial charge in [-0.15, -0.1) is 0 Å². The average molecular weight is 586 g/mol. The number of nitrogens with zero attached hydrogens (tertiary/aromatic N) is 2. The minimum atomic E-state index is -4.98. The van der Waals surface area contributed by atoms with E-state index in [2.05, 4.69) is 15.1 Å². The molecule has 2 saturated heterocycles. The van der Waals surface area contributed by atoms with Gasteiger partial charge in [-0.2, -0.15) is 26.3 Å². The van der Waals surface area contributed by atoms with Gasteiger partial charge in [0.2, 0.25) is 12.7 Å². The first-order chi connectivity index (χ1) is 19.5. The number of likely N-dealkylation sites (tertiary alicyclic amines) is 2. The van der Waals surface area contributed by atoms with Crippen molar-refractivity contribution in [3.63, 3.8) is 0 Å². The van der Waals surface area contributed by atoms with Gasteiger partial charge in [0.25, 0.3) is 0 Å². The molecule has 0 spiro atoms. The molecule has 1 atom stereocenters. The Morgan fingerprint density at radius 1 is 0.902 bits per heavy atom. The van der Waals surface area contributed by atoms with Gasteiger partial charge in [-0.3, -0.25) is 9.69 Å². The lowest BCUT2D eigenvalue weighted by Crippen LogP contribution is -2.49. The minimum Gasteiger partial charge on any atom is -0.454 e. The van der Waals surface area contributed by atoms with Gasteiger partial charge in [-0.25, -0.2) is 0 Å². The molecular formula is C29H33F6N3O3. The molecule has 3 aliphatic heterocycles. The van der Waals surface area contributed by atoms with Crippen molar-refractivity contribution >= 4 is 5.91 Å². The molecule has 2 aromatic carbocycles. The molecule has 3 heterocycles. The lowest BCUT2D eigenvalue weighted by atomic mass is 9.96. The van der Waals surface area contributed by atoms with Gasteiger partial charge in [0.05, 0.1) is 23.6 Å². The molecule has 0 aliphatic carbocycles. The van der Waals surface area contributed by atoms with E-state index in [-0.39, 0.29) is 31.0 Å². The van der Waals surface area contributed by atoms with Gasteiger partial charge in [0, 0.05) is 31.2 Å². The van der Waals surface area contributed by atoms with Gasteiger partial charge in [0.1, 0.15) is 0 Å². The molecule has 1 unspecified atom stereocenters. The molecule has 2 fully saturated rings. The van der Waals surface area contributed by atoms with Crippen molar-refractivity contribution in [2.24, 2.45) is 0 Å². The molecule has 0 aromatic heterocycles. The smallest absolute Gasteiger partial charge is 0.416 e. The van der Waals surface area contributed by atoms with Crippen LogP contribution in [0.2, 0.25) is 0 Å². The predicted octanol–water partition coefficient (Wildman–Crippen LogP) is 5.80. The van der Waals surface area contributed by atoms with E-state index in [1.807, 2.05) is 12.1 Å². The molecule has 6 nitrogen and oxygen atoms in total. The number of ether oxygens (including phenoxy) is 2. The molecule has 41 heavy (non-hydrogen) atoms. The lowest BCUT2D eigenvalue weighted by Gasteiger charge is -2.43. The highest BCUT2D eigenvalue weighted by Crippen LogP contribution is 2.41. The summed E-state index contributed by atoms with van der Waals surface area (Å²) in [5, 5.41) is 2.76. The summed E-state index contributed by atoms with van der Waals surface area (Å²) in [5.74, 6) is 0.499. The molecule has 12 heteroatoms. The van der Waals surface area contributed by atoms with Crippen LogP contribution in [-0.2, 0) is 23.6 Å². The van der Waals surface area contributed by atoms with Crippen LogP contribution in [0.4, 0.5) is 26.3 Å². The molecule has 0 bridgehead atoms. The zero-order valence-electron chi connectivity index (χ0n) is 22.5. The zero-order chi connectivity index (χ0) is 29.2. The Bertz CT molecular complexity index is 1190. The summed E-state index contributed by atoms with van der Waals surface area (Å²) < 4.78 is 90.9. The van der Waals surface area contributed by atoms with Crippen LogP contribution >= 0.6 is 0 Å². The number of piperidine rings is 2. The molecule has 1 N–H and O–H groups in total. The van der Waals surface area contributed by atoms with E-state index in [9.17, 15) is 31.1 Å². The van der Waals surface area contributed by atoms with Gasteiger partial charge >= 0.3 is 12.4 Å². The highest BCUT2D eigenvalue weighted by Gasteiger charge is 2.37.